The Morgan fingerprint density at radius 1 is 1.12 bits per heavy atom. The highest BCUT2D eigenvalue weighted by atomic mass is 127. The van der Waals surface area contributed by atoms with Crippen molar-refractivity contribution >= 4 is 62.2 Å². The minimum atomic E-state index is -0.556. The lowest BCUT2D eigenvalue weighted by molar-refractivity contribution is -0.112. The van der Waals surface area contributed by atoms with Crippen molar-refractivity contribution in [1.82, 2.24) is 0 Å². The molecule has 8 heteroatoms. The minimum absolute atomic E-state index is 0.0616. The second-order valence-electron chi connectivity index (χ2n) is 7.14. The summed E-state index contributed by atoms with van der Waals surface area (Å²) in [7, 11) is 2.89. The first-order chi connectivity index (χ1) is 16.4. The molecule has 0 unspecified atom stereocenters. The van der Waals surface area contributed by atoms with Gasteiger partial charge in [0.05, 0.1) is 19.8 Å². The maximum Gasteiger partial charge on any atom is 0.337 e. The number of halogens is 2. The van der Waals surface area contributed by atoms with Crippen LogP contribution in [-0.4, -0.2) is 26.1 Å². The third kappa shape index (κ3) is 6.24. The van der Waals surface area contributed by atoms with Crippen molar-refractivity contribution < 1.29 is 19.1 Å². The molecule has 3 aromatic carbocycles. The molecule has 0 aromatic heterocycles. The monoisotopic (exact) mass is 630 g/mol. The van der Waals surface area contributed by atoms with Crippen LogP contribution >= 0.6 is 38.5 Å². The van der Waals surface area contributed by atoms with Crippen LogP contribution in [0.3, 0.4) is 0 Å². The van der Waals surface area contributed by atoms with Gasteiger partial charge < -0.3 is 14.8 Å². The number of methoxy groups -OCH3 is 2. The van der Waals surface area contributed by atoms with E-state index in [1.807, 2.05) is 42.5 Å². The zero-order valence-corrected chi connectivity index (χ0v) is 22.1. The molecule has 3 aromatic rings. The zero-order chi connectivity index (χ0) is 24.7. The summed E-state index contributed by atoms with van der Waals surface area (Å²) in [5.74, 6) is -0.355. The van der Waals surface area contributed by atoms with Crippen LogP contribution in [0.1, 0.15) is 27.0 Å². The quantitative estimate of drug-likeness (QED) is 0.150. The molecule has 0 saturated heterocycles. The first-order valence-corrected chi connectivity index (χ1v) is 11.9. The second-order valence-corrected chi connectivity index (χ2v) is 9.16. The van der Waals surface area contributed by atoms with Crippen LogP contribution in [-0.2, 0) is 16.0 Å². The average Bonchev–Trinajstić information content (AvgIpc) is 2.84. The molecular weight excluding hydrogens is 611 g/mol. The van der Waals surface area contributed by atoms with Gasteiger partial charge in [-0.3, -0.25) is 4.79 Å². The Hall–Kier alpha value is -3.16. The molecule has 0 spiro atoms. The van der Waals surface area contributed by atoms with Crippen molar-refractivity contribution in [3.63, 3.8) is 0 Å². The molecule has 0 aliphatic rings. The van der Waals surface area contributed by atoms with Gasteiger partial charge in [-0.2, -0.15) is 5.26 Å². The highest BCUT2D eigenvalue weighted by Gasteiger charge is 2.15. The number of nitrogens with one attached hydrogen (secondary N) is 1. The molecule has 34 heavy (non-hydrogen) atoms. The molecule has 0 heterocycles. The lowest BCUT2D eigenvalue weighted by Gasteiger charge is -2.13. The van der Waals surface area contributed by atoms with Crippen LogP contribution in [0.5, 0.6) is 5.75 Å². The zero-order valence-electron chi connectivity index (χ0n) is 18.4. The first kappa shape index (κ1) is 25.5. The number of anilines is 1. The third-order valence-electron chi connectivity index (χ3n) is 4.96. The van der Waals surface area contributed by atoms with Crippen LogP contribution in [0.15, 0.2) is 70.7 Å². The fraction of sp³-hybridized carbons (Fsp3) is 0.115. The van der Waals surface area contributed by atoms with Gasteiger partial charge in [-0.15, -0.1) is 0 Å². The van der Waals surface area contributed by atoms with Gasteiger partial charge in [-0.25, -0.2) is 4.79 Å². The van der Waals surface area contributed by atoms with Gasteiger partial charge in [-0.1, -0.05) is 34.1 Å². The first-order valence-electron chi connectivity index (χ1n) is 10.1. The largest absolute Gasteiger partial charge is 0.496 e. The van der Waals surface area contributed by atoms with Crippen LogP contribution in [0.2, 0.25) is 0 Å². The van der Waals surface area contributed by atoms with E-state index in [4.69, 9.17) is 4.74 Å². The molecule has 0 fully saturated rings. The number of carbonyl (C=O) groups is 2. The summed E-state index contributed by atoms with van der Waals surface area (Å²) >= 11 is 5.82. The van der Waals surface area contributed by atoms with Crippen molar-refractivity contribution in [2.75, 3.05) is 19.5 Å². The van der Waals surface area contributed by atoms with E-state index in [1.165, 1.54) is 25.3 Å². The Bertz CT molecular complexity index is 1300. The number of esters is 1. The van der Waals surface area contributed by atoms with Crippen LogP contribution in [0.4, 0.5) is 5.69 Å². The van der Waals surface area contributed by atoms with Crippen LogP contribution in [0.25, 0.3) is 6.08 Å². The van der Waals surface area contributed by atoms with E-state index in [0.29, 0.717) is 29.0 Å². The smallest absolute Gasteiger partial charge is 0.337 e. The summed E-state index contributed by atoms with van der Waals surface area (Å²) in [5, 5.41) is 12.3. The minimum Gasteiger partial charge on any atom is -0.496 e. The van der Waals surface area contributed by atoms with Gasteiger partial charge in [0.15, 0.2) is 0 Å². The molecule has 0 aliphatic carbocycles. The van der Waals surface area contributed by atoms with Crippen LogP contribution < -0.4 is 10.1 Å². The van der Waals surface area contributed by atoms with Crippen molar-refractivity contribution in [2.24, 2.45) is 0 Å². The van der Waals surface area contributed by atoms with Gasteiger partial charge in [0.1, 0.15) is 17.4 Å². The molecule has 0 saturated carbocycles. The fourth-order valence-electron chi connectivity index (χ4n) is 3.22. The van der Waals surface area contributed by atoms with Crippen molar-refractivity contribution in [3.05, 3.63) is 96.5 Å². The van der Waals surface area contributed by atoms with Crippen LogP contribution in [0, 0.1) is 14.9 Å². The number of ether oxygens (including phenoxy) is 2. The Balaban J connectivity index is 1.84. The highest BCUT2D eigenvalue weighted by Crippen LogP contribution is 2.31. The van der Waals surface area contributed by atoms with E-state index in [-0.39, 0.29) is 5.57 Å². The van der Waals surface area contributed by atoms with E-state index in [1.54, 1.807) is 19.2 Å². The van der Waals surface area contributed by atoms with Gasteiger partial charge in [0.2, 0.25) is 0 Å². The van der Waals surface area contributed by atoms with Gasteiger partial charge in [0, 0.05) is 25.7 Å². The summed E-state index contributed by atoms with van der Waals surface area (Å²) in [6, 6.07) is 19.9. The Morgan fingerprint density at radius 2 is 1.82 bits per heavy atom. The lowest BCUT2D eigenvalue weighted by Crippen LogP contribution is -2.13. The lowest BCUT2D eigenvalue weighted by atomic mass is 10.0. The number of rotatable bonds is 7. The SMILES string of the molecule is COC(=O)c1ccc(NC(=O)/C(C#N)=C/c2cc(I)c(Cc3ccccc3Br)c(OC)c2)cc1. The number of benzene rings is 3. The summed E-state index contributed by atoms with van der Waals surface area (Å²) < 4.78 is 12.3. The molecule has 172 valence electrons. The molecule has 0 bridgehead atoms. The number of amides is 1. The highest BCUT2D eigenvalue weighted by molar-refractivity contribution is 14.1. The summed E-state index contributed by atoms with van der Waals surface area (Å²) in [6.07, 6.45) is 2.19. The number of nitriles is 1. The number of nitrogens with zero attached hydrogens (tertiary/aromatic N) is 1. The fourth-order valence-corrected chi connectivity index (χ4v) is 4.46. The van der Waals surface area contributed by atoms with E-state index in [9.17, 15) is 14.9 Å². The van der Waals surface area contributed by atoms with E-state index in [0.717, 1.165) is 19.2 Å². The maximum absolute atomic E-state index is 12.7. The summed E-state index contributed by atoms with van der Waals surface area (Å²) in [4.78, 5) is 24.2. The molecule has 3 rings (SSSR count). The number of hydrogen-bond donors (Lipinski definition) is 1. The average molecular weight is 631 g/mol. The molecule has 6 nitrogen and oxygen atoms in total. The van der Waals surface area contributed by atoms with Gasteiger partial charge in [0.25, 0.3) is 5.91 Å². The predicted octanol–water partition coefficient (Wildman–Crippen LogP) is 5.99. The normalized spacial score (nSPS) is 10.9. The molecule has 0 radical (unpaired) electrons. The standard InChI is InChI=1S/C26H20BrIN2O4/c1-33-24-13-16(12-23(28)21(24)14-18-5-3-4-6-22(18)27)11-19(15-29)25(31)30-20-9-7-17(8-10-20)26(32)34-2/h3-13H,14H2,1-2H3,(H,30,31)/b19-11+. The Kier molecular flexibility index (Phi) is 8.85. The predicted molar refractivity (Wildman–Crippen MR) is 143 cm³/mol. The van der Waals surface area contributed by atoms with Crippen molar-refractivity contribution in [1.29, 1.82) is 5.26 Å². The molecular formula is C26H20BrIN2O4. The third-order valence-corrected chi connectivity index (χ3v) is 6.70. The van der Waals surface area contributed by atoms with E-state index >= 15 is 0 Å². The molecule has 1 amide bonds. The molecule has 0 atom stereocenters. The van der Waals surface area contributed by atoms with Gasteiger partial charge in [-0.05, 0) is 82.3 Å². The molecule has 1 N–H and O–H groups in total. The summed E-state index contributed by atoms with van der Waals surface area (Å²) in [5.41, 5.74) is 3.56. The van der Waals surface area contributed by atoms with Gasteiger partial charge >= 0.3 is 5.97 Å². The second kappa shape index (κ2) is 11.8. The topological polar surface area (TPSA) is 88.4 Å². The number of hydrogen-bond acceptors (Lipinski definition) is 5. The van der Waals surface area contributed by atoms with Crippen molar-refractivity contribution in [3.8, 4) is 11.8 Å². The van der Waals surface area contributed by atoms with E-state index < -0.39 is 11.9 Å². The van der Waals surface area contributed by atoms with Crippen molar-refractivity contribution in [2.45, 2.75) is 6.42 Å². The molecule has 0 aliphatic heterocycles. The Morgan fingerprint density at radius 3 is 2.44 bits per heavy atom. The Labute approximate surface area is 219 Å². The number of carbonyl (C=O) groups excluding carboxylic acids is 2. The maximum atomic E-state index is 12.7. The summed E-state index contributed by atoms with van der Waals surface area (Å²) in [6.45, 7) is 0. The van der Waals surface area contributed by atoms with E-state index in [2.05, 4.69) is 48.6 Å².